The molecule has 0 amide bonds. The normalized spacial score (nSPS) is 12.8. The van der Waals surface area contributed by atoms with Gasteiger partial charge in [-0.05, 0) is 18.1 Å². The molecular formula is C9H13NO3. The van der Waals surface area contributed by atoms with Gasteiger partial charge >= 0.3 is 0 Å². The molecule has 0 spiro atoms. The third-order valence-corrected chi connectivity index (χ3v) is 1.81. The van der Waals surface area contributed by atoms with Gasteiger partial charge in [0.25, 0.3) is 0 Å². The molecule has 0 heterocycles. The summed E-state index contributed by atoms with van der Waals surface area (Å²) in [5, 5.41) is 27.2. The van der Waals surface area contributed by atoms with E-state index in [0.29, 0.717) is 12.0 Å². The van der Waals surface area contributed by atoms with Crippen molar-refractivity contribution in [2.75, 3.05) is 6.61 Å². The lowest BCUT2D eigenvalue weighted by Gasteiger charge is -2.09. The van der Waals surface area contributed by atoms with Crippen LogP contribution in [0.3, 0.4) is 0 Å². The molecule has 0 aliphatic rings. The third kappa shape index (κ3) is 2.34. The van der Waals surface area contributed by atoms with Crippen molar-refractivity contribution < 1.29 is 15.3 Å². The molecular weight excluding hydrogens is 170 g/mol. The summed E-state index contributed by atoms with van der Waals surface area (Å²) < 4.78 is 0. The van der Waals surface area contributed by atoms with Crippen molar-refractivity contribution in [2.45, 2.75) is 12.5 Å². The summed E-state index contributed by atoms with van der Waals surface area (Å²) in [5.74, 6) is -0.325. The van der Waals surface area contributed by atoms with Crippen molar-refractivity contribution >= 4 is 0 Å². The largest absolute Gasteiger partial charge is 0.504 e. The fraction of sp³-hybridized carbons (Fsp3) is 0.333. The van der Waals surface area contributed by atoms with E-state index in [-0.39, 0.29) is 18.1 Å². The van der Waals surface area contributed by atoms with Gasteiger partial charge in [-0.25, -0.2) is 0 Å². The van der Waals surface area contributed by atoms with Crippen molar-refractivity contribution in [3.05, 3.63) is 23.8 Å². The SMILES string of the molecule is NC(CO)Cc1cccc(O)c1O. The van der Waals surface area contributed by atoms with Gasteiger partial charge in [0, 0.05) is 6.04 Å². The highest BCUT2D eigenvalue weighted by atomic mass is 16.3. The second-order valence-electron chi connectivity index (χ2n) is 2.93. The van der Waals surface area contributed by atoms with Crippen molar-refractivity contribution in [1.82, 2.24) is 0 Å². The predicted octanol–water partition coefficient (Wildman–Crippen LogP) is -0.0401. The van der Waals surface area contributed by atoms with Gasteiger partial charge in [0.05, 0.1) is 6.61 Å². The molecule has 1 aromatic rings. The lowest BCUT2D eigenvalue weighted by atomic mass is 10.1. The zero-order chi connectivity index (χ0) is 9.84. The fourth-order valence-electron chi connectivity index (χ4n) is 1.09. The Hall–Kier alpha value is -1.26. The van der Waals surface area contributed by atoms with E-state index in [1.54, 1.807) is 12.1 Å². The highest BCUT2D eigenvalue weighted by Gasteiger charge is 2.09. The molecule has 1 unspecified atom stereocenters. The van der Waals surface area contributed by atoms with E-state index in [0.717, 1.165) is 0 Å². The Morgan fingerprint density at radius 3 is 2.62 bits per heavy atom. The number of hydrogen-bond donors (Lipinski definition) is 4. The van der Waals surface area contributed by atoms with Gasteiger partial charge < -0.3 is 21.1 Å². The predicted molar refractivity (Wildman–Crippen MR) is 48.5 cm³/mol. The Balaban J connectivity index is 2.83. The van der Waals surface area contributed by atoms with Gasteiger partial charge in [-0.15, -0.1) is 0 Å². The van der Waals surface area contributed by atoms with E-state index in [2.05, 4.69) is 0 Å². The Labute approximate surface area is 76.2 Å². The first kappa shape index (κ1) is 9.83. The van der Waals surface area contributed by atoms with Crippen LogP contribution < -0.4 is 5.73 Å². The van der Waals surface area contributed by atoms with Gasteiger partial charge in [-0.1, -0.05) is 12.1 Å². The maximum absolute atomic E-state index is 9.35. The summed E-state index contributed by atoms with van der Waals surface area (Å²) in [4.78, 5) is 0. The summed E-state index contributed by atoms with van der Waals surface area (Å²) in [6.07, 6.45) is 0.344. The van der Waals surface area contributed by atoms with Crippen LogP contribution in [-0.4, -0.2) is 28.0 Å². The molecule has 5 N–H and O–H groups in total. The Morgan fingerprint density at radius 2 is 2.00 bits per heavy atom. The Bertz CT molecular complexity index is 288. The van der Waals surface area contributed by atoms with Crippen molar-refractivity contribution in [3.63, 3.8) is 0 Å². The van der Waals surface area contributed by atoms with E-state index in [9.17, 15) is 5.11 Å². The fourth-order valence-corrected chi connectivity index (χ4v) is 1.09. The standard InChI is InChI=1S/C9H13NO3/c10-7(5-11)4-6-2-1-3-8(12)9(6)13/h1-3,7,11-13H,4-5,10H2. The van der Waals surface area contributed by atoms with E-state index in [1.807, 2.05) is 0 Å². The highest BCUT2D eigenvalue weighted by Crippen LogP contribution is 2.28. The molecule has 13 heavy (non-hydrogen) atoms. The third-order valence-electron chi connectivity index (χ3n) is 1.81. The summed E-state index contributed by atoms with van der Waals surface area (Å²) in [6.45, 7) is -0.144. The zero-order valence-corrected chi connectivity index (χ0v) is 7.14. The number of aliphatic hydroxyl groups excluding tert-OH is 1. The van der Waals surface area contributed by atoms with Crippen LogP contribution >= 0.6 is 0 Å². The number of benzene rings is 1. The second-order valence-corrected chi connectivity index (χ2v) is 2.93. The maximum atomic E-state index is 9.35. The lowest BCUT2D eigenvalue weighted by Crippen LogP contribution is -2.26. The van der Waals surface area contributed by atoms with Gasteiger partial charge in [0.1, 0.15) is 0 Å². The van der Waals surface area contributed by atoms with Gasteiger partial charge in [0.15, 0.2) is 11.5 Å². The highest BCUT2D eigenvalue weighted by molar-refractivity contribution is 5.44. The summed E-state index contributed by atoms with van der Waals surface area (Å²) >= 11 is 0. The van der Waals surface area contributed by atoms with Crippen LogP contribution in [0, 0.1) is 0 Å². The van der Waals surface area contributed by atoms with Gasteiger partial charge in [-0.2, -0.15) is 0 Å². The lowest BCUT2D eigenvalue weighted by molar-refractivity contribution is 0.264. The summed E-state index contributed by atoms with van der Waals surface area (Å²) in [7, 11) is 0. The van der Waals surface area contributed by atoms with Crippen molar-refractivity contribution in [3.8, 4) is 11.5 Å². The van der Waals surface area contributed by atoms with Crippen LogP contribution in [0.5, 0.6) is 11.5 Å². The van der Waals surface area contributed by atoms with Crippen LogP contribution in [0.1, 0.15) is 5.56 Å². The maximum Gasteiger partial charge on any atom is 0.160 e. The number of rotatable bonds is 3. The number of hydrogen-bond acceptors (Lipinski definition) is 4. The first-order valence-electron chi connectivity index (χ1n) is 4.01. The average molecular weight is 183 g/mol. The minimum Gasteiger partial charge on any atom is -0.504 e. The number of nitrogens with two attached hydrogens (primary N) is 1. The van der Waals surface area contributed by atoms with E-state index in [4.69, 9.17) is 15.9 Å². The average Bonchev–Trinajstić information content (AvgIpc) is 2.13. The number of para-hydroxylation sites is 1. The van der Waals surface area contributed by atoms with Crippen LogP contribution in [-0.2, 0) is 6.42 Å². The molecule has 0 fully saturated rings. The molecule has 0 saturated carbocycles. The van der Waals surface area contributed by atoms with Crippen LogP contribution in [0.4, 0.5) is 0 Å². The van der Waals surface area contributed by atoms with Gasteiger partial charge in [0.2, 0.25) is 0 Å². The molecule has 1 rings (SSSR count). The molecule has 0 saturated heterocycles. The zero-order valence-electron chi connectivity index (χ0n) is 7.14. The van der Waals surface area contributed by atoms with Gasteiger partial charge in [-0.3, -0.25) is 0 Å². The second kappa shape index (κ2) is 4.11. The van der Waals surface area contributed by atoms with E-state index in [1.165, 1.54) is 6.07 Å². The number of phenols is 2. The first-order valence-corrected chi connectivity index (χ1v) is 4.01. The minimum atomic E-state index is -0.410. The van der Waals surface area contributed by atoms with Crippen LogP contribution in [0.15, 0.2) is 18.2 Å². The molecule has 4 nitrogen and oxygen atoms in total. The number of aliphatic hydroxyl groups is 1. The molecule has 4 heteroatoms. The van der Waals surface area contributed by atoms with Crippen LogP contribution in [0.25, 0.3) is 0 Å². The molecule has 0 aliphatic heterocycles. The molecule has 72 valence electrons. The summed E-state index contributed by atoms with van der Waals surface area (Å²) in [6, 6.07) is 4.26. The number of aromatic hydroxyl groups is 2. The topological polar surface area (TPSA) is 86.7 Å². The smallest absolute Gasteiger partial charge is 0.160 e. The molecule has 1 aromatic carbocycles. The Morgan fingerprint density at radius 1 is 1.31 bits per heavy atom. The summed E-state index contributed by atoms with van der Waals surface area (Å²) in [5.41, 5.74) is 6.02. The van der Waals surface area contributed by atoms with E-state index < -0.39 is 6.04 Å². The molecule has 0 aromatic heterocycles. The number of phenolic OH excluding ortho intramolecular Hbond substituents is 2. The molecule has 0 bridgehead atoms. The minimum absolute atomic E-state index is 0.144. The molecule has 0 radical (unpaired) electrons. The molecule has 1 atom stereocenters. The quantitative estimate of drug-likeness (QED) is 0.495. The Kier molecular flexibility index (Phi) is 3.11. The monoisotopic (exact) mass is 183 g/mol. The first-order chi connectivity index (χ1) is 6.15. The van der Waals surface area contributed by atoms with Crippen molar-refractivity contribution in [1.29, 1.82) is 0 Å². The van der Waals surface area contributed by atoms with Crippen molar-refractivity contribution in [2.24, 2.45) is 5.73 Å². The molecule has 0 aliphatic carbocycles. The van der Waals surface area contributed by atoms with E-state index >= 15 is 0 Å². The van der Waals surface area contributed by atoms with Crippen LogP contribution in [0.2, 0.25) is 0 Å².